The largest absolute Gasteiger partial charge is 0.512 e. The Morgan fingerprint density at radius 2 is 1.82 bits per heavy atom. The molecule has 0 radical (unpaired) electrons. The van der Waals surface area contributed by atoms with Crippen LogP contribution in [0.2, 0.25) is 0 Å². The Bertz CT molecular complexity index is 1060. The lowest BCUT2D eigenvalue weighted by atomic mass is 9.91. The number of hydrogen-bond donors (Lipinski definition) is 2. The summed E-state index contributed by atoms with van der Waals surface area (Å²) in [4.78, 5) is 4.67. The molecule has 0 saturated heterocycles. The lowest BCUT2D eigenvalue weighted by molar-refractivity contribution is 0.259. The SMILES string of the molecule is C=C(NCC(C)(C)C(=C)O)c1ncc(-c2ccc3ccccc3c2C)cc1C. The molecule has 0 aliphatic heterocycles. The molecule has 0 fully saturated rings. The van der Waals surface area contributed by atoms with Gasteiger partial charge in [0.05, 0.1) is 17.2 Å². The van der Waals surface area contributed by atoms with Crippen molar-refractivity contribution in [3.05, 3.63) is 84.4 Å². The number of aryl methyl sites for hydroxylation is 2. The number of pyridine rings is 1. The maximum absolute atomic E-state index is 9.70. The third-order valence-electron chi connectivity index (χ3n) is 5.40. The Kier molecular flexibility index (Phi) is 5.28. The van der Waals surface area contributed by atoms with Crippen LogP contribution in [0.15, 0.2) is 67.6 Å². The topological polar surface area (TPSA) is 45.1 Å². The Balaban J connectivity index is 1.88. The molecule has 0 aliphatic carbocycles. The highest BCUT2D eigenvalue weighted by Crippen LogP contribution is 2.31. The van der Waals surface area contributed by atoms with E-state index in [0.29, 0.717) is 6.54 Å². The molecule has 0 bridgehead atoms. The maximum Gasteiger partial charge on any atom is 0.0924 e. The average Bonchev–Trinajstić information content (AvgIpc) is 2.66. The fourth-order valence-electron chi connectivity index (χ4n) is 3.29. The van der Waals surface area contributed by atoms with E-state index in [2.05, 4.69) is 72.8 Å². The van der Waals surface area contributed by atoms with Gasteiger partial charge in [-0.3, -0.25) is 4.98 Å². The Hall–Kier alpha value is -3.07. The molecule has 3 rings (SSSR count). The van der Waals surface area contributed by atoms with Crippen LogP contribution in [0.5, 0.6) is 0 Å². The van der Waals surface area contributed by atoms with Crippen molar-refractivity contribution in [1.29, 1.82) is 0 Å². The van der Waals surface area contributed by atoms with Crippen molar-refractivity contribution in [2.75, 3.05) is 6.54 Å². The first-order chi connectivity index (χ1) is 13.2. The molecule has 0 atom stereocenters. The fraction of sp³-hybridized carbons (Fsp3) is 0.240. The molecular weight excluding hydrogens is 344 g/mol. The number of rotatable bonds is 6. The van der Waals surface area contributed by atoms with Gasteiger partial charge in [0.2, 0.25) is 0 Å². The summed E-state index contributed by atoms with van der Waals surface area (Å²) in [5.74, 6) is 0.152. The van der Waals surface area contributed by atoms with Gasteiger partial charge in [0, 0.05) is 23.7 Å². The first kappa shape index (κ1) is 19.7. The normalized spacial score (nSPS) is 11.4. The number of aromatic nitrogens is 1. The predicted molar refractivity (Wildman–Crippen MR) is 119 cm³/mol. The summed E-state index contributed by atoms with van der Waals surface area (Å²) in [6, 6.07) is 14.9. The fourth-order valence-corrected chi connectivity index (χ4v) is 3.29. The monoisotopic (exact) mass is 372 g/mol. The summed E-state index contributed by atoms with van der Waals surface area (Å²) >= 11 is 0. The standard InChI is InChI=1S/C25H28N2O/c1-16-13-21(23-12-11-20-9-7-8-10-22(20)17(23)2)14-26-24(16)18(3)27-15-25(5,6)19(4)28/h7-14,27-28H,3-4,15H2,1-2,5-6H3. The van der Waals surface area contributed by atoms with Gasteiger partial charge in [-0.1, -0.05) is 63.4 Å². The van der Waals surface area contributed by atoms with Gasteiger partial charge >= 0.3 is 0 Å². The van der Waals surface area contributed by atoms with Gasteiger partial charge in [-0.25, -0.2) is 0 Å². The van der Waals surface area contributed by atoms with Crippen LogP contribution in [0.1, 0.15) is 30.7 Å². The summed E-state index contributed by atoms with van der Waals surface area (Å²) < 4.78 is 0. The zero-order valence-electron chi connectivity index (χ0n) is 17.1. The van der Waals surface area contributed by atoms with Crippen LogP contribution in [0.25, 0.3) is 27.6 Å². The second-order valence-corrected chi connectivity index (χ2v) is 8.01. The molecular formula is C25H28N2O. The lowest BCUT2D eigenvalue weighted by Gasteiger charge is -2.25. The third kappa shape index (κ3) is 3.79. The van der Waals surface area contributed by atoms with Crippen molar-refractivity contribution < 1.29 is 5.11 Å². The van der Waals surface area contributed by atoms with Crippen molar-refractivity contribution in [3.63, 3.8) is 0 Å². The van der Waals surface area contributed by atoms with Crippen molar-refractivity contribution >= 4 is 16.5 Å². The van der Waals surface area contributed by atoms with Gasteiger partial charge in [-0.2, -0.15) is 0 Å². The minimum Gasteiger partial charge on any atom is -0.512 e. The molecule has 0 spiro atoms. The second-order valence-electron chi connectivity index (χ2n) is 8.01. The molecule has 1 heterocycles. The molecule has 144 valence electrons. The number of nitrogens with zero attached hydrogens (tertiary/aromatic N) is 1. The molecule has 2 aromatic carbocycles. The zero-order valence-corrected chi connectivity index (χ0v) is 17.1. The quantitative estimate of drug-likeness (QED) is 0.508. The van der Waals surface area contributed by atoms with E-state index in [-0.39, 0.29) is 5.76 Å². The van der Waals surface area contributed by atoms with E-state index in [4.69, 9.17) is 0 Å². The zero-order chi connectivity index (χ0) is 20.5. The molecule has 3 aromatic rings. The molecule has 1 aromatic heterocycles. The number of aliphatic hydroxyl groups is 1. The Morgan fingerprint density at radius 1 is 1.11 bits per heavy atom. The highest BCUT2D eigenvalue weighted by atomic mass is 16.3. The molecule has 2 N–H and O–H groups in total. The number of nitrogens with one attached hydrogen (secondary N) is 1. The van der Waals surface area contributed by atoms with Crippen molar-refractivity contribution in [3.8, 4) is 11.1 Å². The second kappa shape index (κ2) is 7.51. The van der Waals surface area contributed by atoms with Gasteiger partial charge in [0.25, 0.3) is 0 Å². The van der Waals surface area contributed by atoms with Crippen molar-refractivity contribution in [2.24, 2.45) is 5.41 Å². The van der Waals surface area contributed by atoms with Crippen molar-refractivity contribution in [1.82, 2.24) is 10.3 Å². The van der Waals surface area contributed by atoms with Crippen LogP contribution in [-0.2, 0) is 0 Å². The van der Waals surface area contributed by atoms with E-state index in [1.807, 2.05) is 27.0 Å². The van der Waals surface area contributed by atoms with Gasteiger partial charge in [-0.15, -0.1) is 0 Å². The Labute approximate surface area is 167 Å². The van der Waals surface area contributed by atoms with Gasteiger partial charge in [-0.05, 0) is 47.4 Å². The van der Waals surface area contributed by atoms with Crippen LogP contribution in [0.4, 0.5) is 0 Å². The molecule has 28 heavy (non-hydrogen) atoms. The van der Waals surface area contributed by atoms with Crippen LogP contribution < -0.4 is 5.32 Å². The number of hydrogen-bond acceptors (Lipinski definition) is 3. The molecule has 0 saturated carbocycles. The van der Waals surface area contributed by atoms with Crippen LogP contribution in [0, 0.1) is 19.3 Å². The highest BCUT2D eigenvalue weighted by molar-refractivity contribution is 5.91. The number of fused-ring (bicyclic) bond motifs is 1. The summed E-state index contributed by atoms with van der Waals surface area (Å²) in [5, 5.41) is 15.5. The van der Waals surface area contributed by atoms with Crippen LogP contribution in [0.3, 0.4) is 0 Å². The molecule has 0 aliphatic rings. The summed E-state index contributed by atoms with van der Waals surface area (Å²) in [7, 11) is 0. The smallest absolute Gasteiger partial charge is 0.0924 e. The van der Waals surface area contributed by atoms with E-state index in [9.17, 15) is 5.11 Å². The van der Waals surface area contributed by atoms with Crippen molar-refractivity contribution in [2.45, 2.75) is 27.7 Å². The predicted octanol–water partition coefficient (Wildman–Crippen LogP) is 6.18. The van der Waals surface area contributed by atoms with E-state index in [1.165, 1.54) is 21.9 Å². The minimum atomic E-state index is -0.432. The minimum absolute atomic E-state index is 0.152. The van der Waals surface area contributed by atoms with Crippen LogP contribution in [-0.4, -0.2) is 16.6 Å². The first-order valence-corrected chi connectivity index (χ1v) is 9.47. The van der Waals surface area contributed by atoms with E-state index >= 15 is 0 Å². The molecule has 0 unspecified atom stereocenters. The van der Waals surface area contributed by atoms with E-state index in [1.54, 1.807) is 0 Å². The highest BCUT2D eigenvalue weighted by Gasteiger charge is 2.22. The summed E-state index contributed by atoms with van der Waals surface area (Å²) in [6.07, 6.45) is 1.91. The summed E-state index contributed by atoms with van der Waals surface area (Å²) in [5.41, 5.74) is 5.75. The molecule has 3 nitrogen and oxygen atoms in total. The summed E-state index contributed by atoms with van der Waals surface area (Å²) in [6.45, 7) is 16.4. The number of aliphatic hydroxyl groups excluding tert-OH is 1. The Morgan fingerprint density at radius 3 is 2.50 bits per heavy atom. The first-order valence-electron chi connectivity index (χ1n) is 9.47. The number of benzene rings is 2. The van der Waals surface area contributed by atoms with E-state index < -0.39 is 5.41 Å². The van der Waals surface area contributed by atoms with Gasteiger partial charge < -0.3 is 10.4 Å². The van der Waals surface area contributed by atoms with Crippen LogP contribution >= 0.6 is 0 Å². The molecule has 0 amide bonds. The average molecular weight is 373 g/mol. The lowest BCUT2D eigenvalue weighted by Crippen LogP contribution is -2.30. The van der Waals surface area contributed by atoms with E-state index in [0.717, 1.165) is 22.5 Å². The van der Waals surface area contributed by atoms with Gasteiger partial charge in [0.15, 0.2) is 0 Å². The maximum atomic E-state index is 9.70. The third-order valence-corrected chi connectivity index (χ3v) is 5.40. The molecule has 3 heteroatoms. The van der Waals surface area contributed by atoms with Gasteiger partial charge in [0.1, 0.15) is 0 Å².